The van der Waals surface area contributed by atoms with Gasteiger partial charge < -0.3 is 5.11 Å². The molecule has 1 unspecified atom stereocenters. The first kappa shape index (κ1) is 9.53. The lowest BCUT2D eigenvalue weighted by atomic mass is 9.79. The highest BCUT2D eigenvalue weighted by Gasteiger charge is 2.32. The highest BCUT2D eigenvalue weighted by Crippen LogP contribution is 2.41. The summed E-state index contributed by atoms with van der Waals surface area (Å²) in [4.78, 5) is 0. The van der Waals surface area contributed by atoms with Crippen LogP contribution in [0, 0.1) is 5.41 Å². The molecule has 1 rings (SSSR count). The van der Waals surface area contributed by atoms with Crippen molar-refractivity contribution >= 4 is 0 Å². The summed E-state index contributed by atoms with van der Waals surface area (Å²) in [6, 6.07) is 0. The van der Waals surface area contributed by atoms with Crippen molar-refractivity contribution in [2.75, 3.05) is 6.61 Å². The number of allylic oxidation sites excluding steroid dienone is 3. The van der Waals surface area contributed by atoms with Gasteiger partial charge in [0.15, 0.2) is 0 Å². The monoisotopic (exact) mass is 166 g/mol. The summed E-state index contributed by atoms with van der Waals surface area (Å²) in [7, 11) is 0. The van der Waals surface area contributed by atoms with Crippen molar-refractivity contribution in [3.8, 4) is 0 Å². The summed E-state index contributed by atoms with van der Waals surface area (Å²) in [5.41, 5.74) is 1.44. The van der Waals surface area contributed by atoms with Crippen LogP contribution in [0.1, 0.15) is 33.1 Å². The molecule has 0 radical (unpaired) electrons. The molecule has 12 heavy (non-hydrogen) atoms. The number of hydrogen-bond acceptors (Lipinski definition) is 1. The lowest BCUT2D eigenvalue weighted by Crippen LogP contribution is -2.23. The third kappa shape index (κ3) is 1.61. The second kappa shape index (κ2) is 3.90. The minimum atomic E-state index is 0.0759. The third-order valence-electron chi connectivity index (χ3n) is 2.96. The van der Waals surface area contributed by atoms with Gasteiger partial charge in [-0.15, -0.1) is 0 Å². The maximum atomic E-state index is 9.34. The maximum absolute atomic E-state index is 9.34. The van der Waals surface area contributed by atoms with Crippen LogP contribution >= 0.6 is 0 Å². The molecule has 1 N–H and O–H groups in total. The van der Waals surface area contributed by atoms with Gasteiger partial charge in [0.05, 0.1) is 6.61 Å². The minimum absolute atomic E-state index is 0.0759. The SMILES string of the molecule is C/C=C/CC1(CO)CCC=C1C. The van der Waals surface area contributed by atoms with E-state index in [1.807, 2.05) is 6.92 Å². The smallest absolute Gasteiger partial charge is 0.0527 e. The Balaban J connectivity index is 2.69. The van der Waals surface area contributed by atoms with E-state index in [4.69, 9.17) is 0 Å². The summed E-state index contributed by atoms with van der Waals surface area (Å²) in [6.07, 6.45) is 9.69. The number of aliphatic hydroxyl groups is 1. The van der Waals surface area contributed by atoms with E-state index in [1.165, 1.54) is 5.57 Å². The van der Waals surface area contributed by atoms with Crippen molar-refractivity contribution in [2.24, 2.45) is 5.41 Å². The molecule has 0 aromatic heterocycles. The van der Waals surface area contributed by atoms with Crippen molar-refractivity contribution in [1.29, 1.82) is 0 Å². The molecule has 0 spiro atoms. The second-order valence-corrected chi connectivity index (χ2v) is 3.64. The zero-order valence-corrected chi connectivity index (χ0v) is 8.01. The Hall–Kier alpha value is -0.560. The quantitative estimate of drug-likeness (QED) is 0.639. The predicted octanol–water partition coefficient (Wildman–Crippen LogP) is 2.67. The van der Waals surface area contributed by atoms with Gasteiger partial charge in [0, 0.05) is 5.41 Å². The zero-order chi connectivity index (χ0) is 9.03. The number of aliphatic hydroxyl groups excluding tert-OH is 1. The highest BCUT2D eigenvalue weighted by molar-refractivity contribution is 5.19. The predicted molar refractivity (Wildman–Crippen MR) is 51.9 cm³/mol. The lowest BCUT2D eigenvalue weighted by Gasteiger charge is -2.27. The standard InChI is InChI=1S/C11H18O/c1-3-4-7-11(9-12)8-5-6-10(11)2/h3-4,6,12H,5,7-9H2,1-2H3/b4-3+. The lowest BCUT2D eigenvalue weighted by molar-refractivity contribution is 0.160. The third-order valence-corrected chi connectivity index (χ3v) is 2.96. The molecule has 1 heteroatoms. The van der Waals surface area contributed by atoms with Gasteiger partial charge >= 0.3 is 0 Å². The van der Waals surface area contributed by atoms with Gasteiger partial charge in [0.1, 0.15) is 0 Å². The number of rotatable bonds is 3. The van der Waals surface area contributed by atoms with Crippen LogP contribution < -0.4 is 0 Å². The van der Waals surface area contributed by atoms with Gasteiger partial charge in [0.25, 0.3) is 0 Å². The summed E-state index contributed by atoms with van der Waals surface area (Å²) >= 11 is 0. The molecule has 0 heterocycles. The van der Waals surface area contributed by atoms with Gasteiger partial charge in [-0.25, -0.2) is 0 Å². The fourth-order valence-corrected chi connectivity index (χ4v) is 1.85. The minimum Gasteiger partial charge on any atom is -0.395 e. The summed E-state index contributed by atoms with van der Waals surface area (Å²) in [5, 5.41) is 9.34. The highest BCUT2D eigenvalue weighted by atomic mass is 16.3. The Morgan fingerprint density at radius 1 is 1.67 bits per heavy atom. The molecule has 1 nitrogen and oxygen atoms in total. The normalized spacial score (nSPS) is 29.8. The van der Waals surface area contributed by atoms with Crippen molar-refractivity contribution in [1.82, 2.24) is 0 Å². The van der Waals surface area contributed by atoms with Crippen LogP contribution in [-0.2, 0) is 0 Å². The van der Waals surface area contributed by atoms with Gasteiger partial charge in [0.2, 0.25) is 0 Å². The van der Waals surface area contributed by atoms with E-state index in [0.717, 1.165) is 19.3 Å². The average molecular weight is 166 g/mol. The molecule has 0 aromatic rings. The molecular formula is C11H18O. The molecule has 0 amide bonds. The number of hydrogen-bond donors (Lipinski definition) is 1. The van der Waals surface area contributed by atoms with Crippen LogP contribution in [0.3, 0.4) is 0 Å². The van der Waals surface area contributed by atoms with E-state index in [2.05, 4.69) is 25.2 Å². The van der Waals surface area contributed by atoms with Crippen molar-refractivity contribution in [2.45, 2.75) is 33.1 Å². The van der Waals surface area contributed by atoms with Gasteiger partial charge in [-0.3, -0.25) is 0 Å². The topological polar surface area (TPSA) is 20.2 Å². The van der Waals surface area contributed by atoms with Crippen LogP contribution in [0.2, 0.25) is 0 Å². The second-order valence-electron chi connectivity index (χ2n) is 3.64. The molecular weight excluding hydrogens is 148 g/mol. The molecule has 1 aliphatic rings. The van der Waals surface area contributed by atoms with E-state index in [9.17, 15) is 5.11 Å². The Kier molecular flexibility index (Phi) is 3.10. The fraction of sp³-hybridized carbons (Fsp3) is 0.636. The molecule has 0 saturated heterocycles. The van der Waals surface area contributed by atoms with Crippen LogP contribution in [-0.4, -0.2) is 11.7 Å². The van der Waals surface area contributed by atoms with E-state index < -0.39 is 0 Å². The fourth-order valence-electron chi connectivity index (χ4n) is 1.85. The molecule has 68 valence electrons. The van der Waals surface area contributed by atoms with Crippen molar-refractivity contribution in [3.63, 3.8) is 0 Å². The molecule has 0 bridgehead atoms. The molecule has 0 aromatic carbocycles. The van der Waals surface area contributed by atoms with E-state index >= 15 is 0 Å². The Bertz CT molecular complexity index is 203. The van der Waals surface area contributed by atoms with E-state index in [0.29, 0.717) is 6.61 Å². The van der Waals surface area contributed by atoms with Gasteiger partial charge in [-0.05, 0) is 33.1 Å². The first-order valence-corrected chi connectivity index (χ1v) is 4.64. The average Bonchev–Trinajstić information content (AvgIpc) is 2.45. The molecule has 1 atom stereocenters. The molecule has 1 aliphatic carbocycles. The zero-order valence-electron chi connectivity index (χ0n) is 8.01. The Labute approximate surface area is 74.8 Å². The molecule has 0 aliphatic heterocycles. The summed E-state index contributed by atoms with van der Waals surface area (Å²) < 4.78 is 0. The molecule has 0 fully saturated rings. The van der Waals surface area contributed by atoms with E-state index in [-0.39, 0.29) is 5.41 Å². The Morgan fingerprint density at radius 2 is 2.42 bits per heavy atom. The van der Waals surface area contributed by atoms with Crippen LogP contribution in [0.15, 0.2) is 23.8 Å². The van der Waals surface area contributed by atoms with Crippen LogP contribution in [0.4, 0.5) is 0 Å². The summed E-state index contributed by atoms with van der Waals surface area (Å²) in [5.74, 6) is 0. The van der Waals surface area contributed by atoms with Crippen LogP contribution in [0.5, 0.6) is 0 Å². The van der Waals surface area contributed by atoms with Crippen molar-refractivity contribution in [3.05, 3.63) is 23.8 Å². The van der Waals surface area contributed by atoms with Crippen LogP contribution in [0.25, 0.3) is 0 Å². The summed E-state index contributed by atoms with van der Waals surface area (Å²) in [6.45, 7) is 4.45. The van der Waals surface area contributed by atoms with Crippen molar-refractivity contribution < 1.29 is 5.11 Å². The molecule has 0 saturated carbocycles. The first-order valence-electron chi connectivity index (χ1n) is 4.64. The van der Waals surface area contributed by atoms with Gasteiger partial charge in [-0.2, -0.15) is 0 Å². The van der Waals surface area contributed by atoms with E-state index in [1.54, 1.807) is 0 Å². The first-order chi connectivity index (χ1) is 5.75. The maximum Gasteiger partial charge on any atom is 0.0527 e. The Morgan fingerprint density at radius 3 is 2.83 bits per heavy atom. The largest absolute Gasteiger partial charge is 0.395 e. The van der Waals surface area contributed by atoms with Gasteiger partial charge in [-0.1, -0.05) is 23.8 Å².